The van der Waals surface area contributed by atoms with E-state index >= 15 is 0 Å². The lowest BCUT2D eigenvalue weighted by Crippen LogP contribution is -2.43. The number of nitrogens with one attached hydrogen (secondary N) is 4. The number of amides is 3. The van der Waals surface area contributed by atoms with Crippen LogP contribution in [-0.2, 0) is 11.2 Å². The number of rotatable bonds is 7. The Balaban J connectivity index is 1.35. The third kappa shape index (κ3) is 5.90. The van der Waals surface area contributed by atoms with Crippen LogP contribution in [0.15, 0.2) is 42.6 Å². The average Bonchev–Trinajstić information content (AvgIpc) is 3.08. The van der Waals surface area contributed by atoms with Crippen LogP contribution in [0.5, 0.6) is 11.5 Å². The highest BCUT2D eigenvalue weighted by molar-refractivity contribution is 6.03. The van der Waals surface area contributed by atoms with Gasteiger partial charge in [0.05, 0.1) is 32.0 Å². The third-order valence-corrected chi connectivity index (χ3v) is 7.06. The molecule has 1 aliphatic carbocycles. The molecular formula is C28H30N6O6. The zero-order chi connectivity index (χ0) is 28.2. The maximum atomic E-state index is 13.0. The van der Waals surface area contributed by atoms with Crippen molar-refractivity contribution in [2.45, 2.75) is 44.2 Å². The van der Waals surface area contributed by atoms with Crippen LogP contribution in [0.4, 0.5) is 22.1 Å². The molecule has 3 amide bonds. The zero-order valence-electron chi connectivity index (χ0n) is 22.1. The van der Waals surface area contributed by atoms with E-state index in [-0.39, 0.29) is 30.3 Å². The highest BCUT2D eigenvalue weighted by atomic mass is 16.5. The zero-order valence-corrected chi connectivity index (χ0v) is 22.1. The van der Waals surface area contributed by atoms with E-state index in [1.165, 1.54) is 0 Å². The topological polar surface area (TPSA) is 164 Å². The minimum Gasteiger partial charge on any atom is -0.493 e. The van der Waals surface area contributed by atoms with E-state index < -0.39 is 6.09 Å². The summed E-state index contributed by atoms with van der Waals surface area (Å²) in [7, 11) is 3.12. The monoisotopic (exact) mass is 546 g/mol. The molecule has 208 valence electrons. The molecule has 1 aliphatic heterocycles. The van der Waals surface area contributed by atoms with Crippen molar-refractivity contribution in [3.8, 4) is 22.8 Å². The maximum Gasteiger partial charge on any atom is 0.404 e. The minimum atomic E-state index is -1.03. The van der Waals surface area contributed by atoms with Crippen molar-refractivity contribution in [1.82, 2.24) is 20.6 Å². The fourth-order valence-electron chi connectivity index (χ4n) is 5.06. The molecule has 0 saturated heterocycles. The van der Waals surface area contributed by atoms with Gasteiger partial charge in [-0.2, -0.15) is 0 Å². The number of carbonyl (C=O) groups is 3. The molecule has 0 atom stereocenters. The van der Waals surface area contributed by atoms with Crippen molar-refractivity contribution < 1.29 is 29.0 Å². The van der Waals surface area contributed by atoms with Crippen LogP contribution in [0, 0.1) is 0 Å². The number of hydrogen-bond acceptors (Lipinski definition) is 8. The summed E-state index contributed by atoms with van der Waals surface area (Å²) in [5, 5.41) is 20.5. The summed E-state index contributed by atoms with van der Waals surface area (Å²) in [5.41, 5.74) is 3.52. The Kier molecular flexibility index (Phi) is 7.67. The van der Waals surface area contributed by atoms with Crippen molar-refractivity contribution in [1.29, 1.82) is 0 Å². The molecule has 2 heterocycles. The lowest BCUT2D eigenvalue weighted by Gasteiger charge is -2.29. The Bertz CT molecular complexity index is 1450. The van der Waals surface area contributed by atoms with Crippen LogP contribution in [-0.4, -0.2) is 59.3 Å². The SMILES string of the molecule is COc1ccc(Nc2ncc3c(n2)-c2ccc(C(=O)NC4CCC(NC(=O)O)CC4)cc2NC(=O)C3)cc1OC. The summed E-state index contributed by atoms with van der Waals surface area (Å²) in [4.78, 5) is 45.7. The molecule has 3 aromatic rings. The number of hydrogen-bond donors (Lipinski definition) is 5. The van der Waals surface area contributed by atoms with Gasteiger partial charge in [0, 0.05) is 46.7 Å². The molecule has 12 heteroatoms. The van der Waals surface area contributed by atoms with Crippen molar-refractivity contribution in [3.05, 3.63) is 53.7 Å². The minimum absolute atomic E-state index is 0.0496. The van der Waals surface area contributed by atoms with Gasteiger partial charge in [0.15, 0.2) is 11.5 Å². The van der Waals surface area contributed by atoms with Gasteiger partial charge in [-0.05, 0) is 56.0 Å². The van der Waals surface area contributed by atoms with E-state index in [9.17, 15) is 14.4 Å². The number of ether oxygens (including phenoxy) is 2. The molecule has 1 fully saturated rings. The maximum absolute atomic E-state index is 13.0. The lowest BCUT2D eigenvalue weighted by atomic mass is 9.91. The molecule has 0 bridgehead atoms. The molecule has 0 unspecified atom stereocenters. The van der Waals surface area contributed by atoms with E-state index in [4.69, 9.17) is 19.6 Å². The number of anilines is 3. The standard InChI is InChI=1S/C28H30N6O6/c1-39-22-10-8-19(13-23(22)40-2)31-27-29-14-16-12-24(35)33-21-11-15(3-9-20(21)25(16)34-27)26(36)30-17-4-6-18(7-5-17)32-28(37)38/h3,8-11,13-14,17-18,32H,4-7,12H2,1-2H3,(H,30,36)(H,33,35)(H,37,38)(H,29,31,34). The number of benzene rings is 2. The summed E-state index contributed by atoms with van der Waals surface area (Å²) in [5.74, 6) is 0.997. The molecule has 5 rings (SSSR count). The van der Waals surface area contributed by atoms with Gasteiger partial charge in [-0.3, -0.25) is 9.59 Å². The Morgan fingerprint density at radius 3 is 2.40 bits per heavy atom. The smallest absolute Gasteiger partial charge is 0.404 e. The lowest BCUT2D eigenvalue weighted by molar-refractivity contribution is -0.115. The Morgan fingerprint density at radius 1 is 0.975 bits per heavy atom. The Labute approximate surface area is 230 Å². The van der Waals surface area contributed by atoms with Gasteiger partial charge >= 0.3 is 6.09 Å². The highest BCUT2D eigenvalue weighted by Crippen LogP contribution is 2.35. The second-order valence-corrected chi connectivity index (χ2v) is 9.72. The predicted molar refractivity (Wildman–Crippen MR) is 147 cm³/mol. The summed E-state index contributed by atoms with van der Waals surface area (Å²) in [6, 6.07) is 10.3. The van der Waals surface area contributed by atoms with Crippen LogP contribution in [0.2, 0.25) is 0 Å². The van der Waals surface area contributed by atoms with E-state index in [0.717, 1.165) is 0 Å². The number of aromatic nitrogens is 2. The molecule has 2 aliphatic rings. The number of carbonyl (C=O) groups excluding carboxylic acids is 2. The van der Waals surface area contributed by atoms with Crippen molar-refractivity contribution >= 4 is 35.2 Å². The fourth-order valence-corrected chi connectivity index (χ4v) is 5.06. The Morgan fingerprint density at radius 2 is 1.70 bits per heavy atom. The first-order valence-electron chi connectivity index (χ1n) is 12.9. The molecule has 40 heavy (non-hydrogen) atoms. The van der Waals surface area contributed by atoms with Crippen LogP contribution in [0.1, 0.15) is 41.6 Å². The molecule has 1 saturated carbocycles. The van der Waals surface area contributed by atoms with E-state index in [0.29, 0.717) is 76.9 Å². The van der Waals surface area contributed by atoms with E-state index in [2.05, 4.69) is 26.3 Å². The number of fused-ring (bicyclic) bond motifs is 3. The van der Waals surface area contributed by atoms with E-state index in [1.807, 2.05) is 6.07 Å². The average molecular weight is 547 g/mol. The highest BCUT2D eigenvalue weighted by Gasteiger charge is 2.26. The van der Waals surface area contributed by atoms with Gasteiger partial charge in [0.1, 0.15) is 0 Å². The fraction of sp³-hybridized carbons (Fsp3) is 0.321. The largest absolute Gasteiger partial charge is 0.493 e. The van der Waals surface area contributed by atoms with Crippen LogP contribution >= 0.6 is 0 Å². The molecule has 0 spiro atoms. The molecule has 2 aromatic carbocycles. The van der Waals surface area contributed by atoms with E-state index in [1.54, 1.807) is 50.7 Å². The normalized spacial score (nSPS) is 17.8. The summed E-state index contributed by atoms with van der Waals surface area (Å²) in [6.45, 7) is 0. The van der Waals surface area contributed by atoms with Crippen LogP contribution in [0.25, 0.3) is 11.3 Å². The molecule has 0 radical (unpaired) electrons. The third-order valence-electron chi connectivity index (χ3n) is 7.06. The summed E-state index contributed by atoms with van der Waals surface area (Å²) >= 11 is 0. The molecule has 12 nitrogen and oxygen atoms in total. The van der Waals surface area contributed by atoms with Crippen LogP contribution in [0.3, 0.4) is 0 Å². The number of carboxylic acid groups (broad SMARTS) is 1. The predicted octanol–water partition coefficient (Wildman–Crippen LogP) is 3.71. The van der Waals surface area contributed by atoms with Gasteiger partial charge in [-0.15, -0.1) is 0 Å². The first kappa shape index (κ1) is 26.7. The first-order valence-corrected chi connectivity index (χ1v) is 12.9. The van der Waals surface area contributed by atoms with Crippen molar-refractivity contribution in [3.63, 3.8) is 0 Å². The quantitative estimate of drug-likeness (QED) is 0.297. The Hall–Kier alpha value is -4.87. The van der Waals surface area contributed by atoms with Gasteiger partial charge in [-0.1, -0.05) is 0 Å². The van der Waals surface area contributed by atoms with Gasteiger partial charge in [0.2, 0.25) is 11.9 Å². The van der Waals surface area contributed by atoms with Gasteiger partial charge in [0.25, 0.3) is 5.91 Å². The summed E-state index contributed by atoms with van der Waals surface area (Å²) in [6.07, 6.45) is 3.36. The molecule has 5 N–H and O–H groups in total. The van der Waals surface area contributed by atoms with Crippen molar-refractivity contribution in [2.24, 2.45) is 0 Å². The summed E-state index contributed by atoms with van der Waals surface area (Å²) < 4.78 is 10.7. The van der Waals surface area contributed by atoms with Gasteiger partial charge < -0.3 is 35.8 Å². The number of methoxy groups -OCH3 is 2. The molecule has 1 aromatic heterocycles. The molecular weight excluding hydrogens is 516 g/mol. The van der Waals surface area contributed by atoms with Gasteiger partial charge in [-0.25, -0.2) is 14.8 Å². The number of nitrogens with zero attached hydrogens (tertiary/aromatic N) is 2. The first-order chi connectivity index (χ1) is 19.3. The van der Waals surface area contributed by atoms with Crippen LogP contribution < -0.4 is 30.7 Å². The van der Waals surface area contributed by atoms with Crippen molar-refractivity contribution in [2.75, 3.05) is 24.9 Å². The second-order valence-electron chi connectivity index (χ2n) is 9.72. The second kappa shape index (κ2) is 11.5.